The molecule has 0 saturated heterocycles. The second-order valence-electron chi connectivity index (χ2n) is 5.56. The van der Waals surface area contributed by atoms with Gasteiger partial charge in [-0.2, -0.15) is 4.98 Å². The van der Waals surface area contributed by atoms with Crippen LogP contribution in [0, 0.1) is 5.41 Å². The second-order valence-corrected chi connectivity index (χ2v) is 5.56. The number of nitrogens with zero attached hydrogens (tertiary/aromatic N) is 1. The zero-order valence-electron chi connectivity index (χ0n) is 11.1. The van der Waals surface area contributed by atoms with Crippen molar-refractivity contribution in [1.29, 1.82) is 0 Å². The zero-order valence-corrected chi connectivity index (χ0v) is 11.1. The van der Waals surface area contributed by atoms with Crippen LogP contribution in [-0.4, -0.2) is 23.2 Å². The van der Waals surface area contributed by atoms with Crippen molar-refractivity contribution in [3.8, 4) is 0 Å². The van der Waals surface area contributed by atoms with Gasteiger partial charge in [0.2, 0.25) is 0 Å². The number of fused-ring (bicyclic) bond motifs is 1. The van der Waals surface area contributed by atoms with Gasteiger partial charge in [-0.25, -0.2) is 0 Å². The van der Waals surface area contributed by atoms with E-state index in [2.05, 4.69) is 10.3 Å². The average molecular weight is 260 g/mol. The lowest BCUT2D eigenvalue weighted by atomic mass is 9.74. The van der Waals surface area contributed by atoms with Crippen LogP contribution in [0.15, 0.2) is 28.7 Å². The molecule has 1 aromatic heterocycles. The van der Waals surface area contributed by atoms with Gasteiger partial charge in [0.15, 0.2) is 5.58 Å². The number of aliphatic hydroxyl groups is 1. The number of aromatic nitrogens is 1. The summed E-state index contributed by atoms with van der Waals surface area (Å²) in [5.74, 6) is 0. The van der Waals surface area contributed by atoms with Gasteiger partial charge in [0.05, 0.1) is 6.61 Å². The maximum Gasteiger partial charge on any atom is 0.295 e. The molecule has 1 aliphatic carbocycles. The number of rotatable bonds is 4. The molecule has 2 N–H and O–H groups in total. The van der Waals surface area contributed by atoms with Gasteiger partial charge in [-0.15, -0.1) is 0 Å². The van der Waals surface area contributed by atoms with E-state index in [1.807, 2.05) is 24.3 Å². The molecule has 0 amide bonds. The minimum atomic E-state index is -0.00109. The van der Waals surface area contributed by atoms with E-state index in [0.29, 0.717) is 6.01 Å². The molecule has 1 heterocycles. The Kier molecular flexibility index (Phi) is 3.42. The third-order valence-corrected chi connectivity index (χ3v) is 4.16. The SMILES string of the molecule is OCC1(CNc2nc3ccccc3o2)CCCCC1. The van der Waals surface area contributed by atoms with Gasteiger partial charge < -0.3 is 14.8 Å². The lowest BCUT2D eigenvalue weighted by Gasteiger charge is -2.35. The maximum absolute atomic E-state index is 9.67. The molecule has 1 aliphatic rings. The van der Waals surface area contributed by atoms with Crippen molar-refractivity contribution in [1.82, 2.24) is 4.98 Å². The highest BCUT2D eigenvalue weighted by Gasteiger charge is 2.31. The summed E-state index contributed by atoms with van der Waals surface area (Å²) in [6, 6.07) is 8.29. The highest BCUT2D eigenvalue weighted by Crippen LogP contribution is 2.36. The fourth-order valence-corrected chi connectivity index (χ4v) is 2.90. The quantitative estimate of drug-likeness (QED) is 0.886. The second kappa shape index (κ2) is 5.21. The molecule has 4 heteroatoms. The highest BCUT2D eigenvalue weighted by molar-refractivity contribution is 5.74. The third-order valence-electron chi connectivity index (χ3n) is 4.16. The topological polar surface area (TPSA) is 58.3 Å². The van der Waals surface area contributed by atoms with Crippen LogP contribution in [0.2, 0.25) is 0 Å². The number of benzene rings is 1. The molecule has 0 bridgehead atoms. The molecule has 2 aromatic rings. The van der Waals surface area contributed by atoms with E-state index < -0.39 is 0 Å². The van der Waals surface area contributed by atoms with Crippen molar-refractivity contribution >= 4 is 17.1 Å². The normalized spacial score (nSPS) is 18.6. The van der Waals surface area contributed by atoms with Crippen molar-refractivity contribution in [2.75, 3.05) is 18.5 Å². The first kappa shape index (κ1) is 12.5. The Bertz CT molecular complexity index is 511. The molecule has 0 radical (unpaired) electrons. The Morgan fingerprint density at radius 2 is 2.00 bits per heavy atom. The molecule has 3 rings (SSSR count). The third kappa shape index (κ3) is 2.59. The Hall–Kier alpha value is -1.55. The van der Waals surface area contributed by atoms with Crippen LogP contribution >= 0.6 is 0 Å². The molecule has 102 valence electrons. The van der Waals surface area contributed by atoms with E-state index in [0.717, 1.165) is 30.5 Å². The molecular formula is C15H20N2O2. The van der Waals surface area contributed by atoms with Gasteiger partial charge in [0.25, 0.3) is 6.01 Å². The Morgan fingerprint density at radius 3 is 2.74 bits per heavy atom. The van der Waals surface area contributed by atoms with Crippen molar-refractivity contribution in [3.63, 3.8) is 0 Å². The average Bonchev–Trinajstić information content (AvgIpc) is 2.89. The van der Waals surface area contributed by atoms with Gasteiger partial charge in [0.1, 0.15) is 5.52 Å². The number of oxazole rings is 1. The van der Waals surface area contributed by atoms with Gasteiger partial charge in [-0.05, 0) is 25.0 Å². The highest BCUT2D eigenvalue weighted by atomic mass is 16.4. The van der Waals surface area contributed by atoms with E-state index >= 15 is 0 Å². The van der Waals surface area contributed by atoms with Crippen LogP contribution in [0.4, 0.5) is 6.01 Å². The lowest BCUT2D eigenvalue weighted by molar-refractivity contribution is 0.0939. The predicted molar refractivity (Wildman–Crippen MR) is 75.1 cm³/mol. The van der Waals surface area contributed by atoms with Crippen molar-refractivity contribution in [2.24, 2.45) is 5.41 Å². The van der Waals surface area contributed by atoms with Crippen LogP contribution in [0.5, 0.6) is 0 Å². The number of anilines is 1. The molecule has 0 unspecified atom stereocenters. The van der Waals surface area contributed by atoms with E-state index in [9.17, 15) is 5.11 Å². The first-order chi connectivity index (χ1) is 9.31. The molecule has 0 aliphatic heterocycles. The first-order valence-corrected chi connectivity index (χ1v) is 7.02. The summed E-state index contributed by atoms with van der Waals surface area (Å²) < 4.78 is 5.64. The summed E-state index contributed by atoms with van der Waals surface area (Å²) in [4.78, 5) is 4.40. The van der Waals surface area contributed by atoms with Crippen LogP contribution in [0.1, 0.15) is 32.1 Å². The number of para-hydroxylation sites is 2. The number of aliphatic hydroxyl groups excluding tert-OH is 1. The summed E-state index contributed by atoms with van der Waals surface area (Å²) in [6.45, 7) is 0.969. The molecule has 1 saturated carbocycles. The van der Waals surface area contributed by atoms with Crippen LogP contribution in [0.25, 0.3) is 11.1 Å². The minimum Gasteiger partial charge on any atom is -0.424 e. The minimum absolute atomic E-state index is 0.00109. The number of hydrogen-bond acceptors (Lipinski definition) is 4. The largest absolute Gasteiger partial charge is 0.424 e. The monoisotopic (exact) mass is 260 g/mol. The van der Waals surface area contributed by atoms with Crippen LogP contribution in [-0.2, 0) is 0 Å². The summed E-state index contributed by atoms with van der Waals surface area (Å²) >= 11 is 0. The fourth-order valence-electron chi connectivity index (χ4n) is 2.90. The predicted octanol–water partition coefficient (Wildman–Crippen LogP) is 3.18. The van der Waals surface area contributed by atoms with Crippen molar-refractivity contribution in [2.45, 2.75) is 32.1 Å². The van der Waals surface area contributed by atoms with Crippen molar-refractivity contribution in [3.05, 3.63) is 24.3 Å². The summed E-state index contributed by atoms with van der Waals surface area (Å²) in [5, 5.41) is 12.9. The zero-order chi connectivity index (χ0) is 13.1. The van der Waals surface area contributed by atoms with E-state index in [1.54, 1.807) is 0 Å². The van der Waals surface area contributed by atoms with E-state index in [-0.39, 0.29) is 12.0 Å². The smallest absolute Gasteiger partial charge is 0.295 e. The van der Waals surface area contributed by atoms with Crippen LogP contribution in [0.3, 0.4) is 0 Å². The molecule has 0 atom stereocenters. The maximum atomic E-state index is 9.67. The molecule has 19 heavy (non-hydrogen) atoms. The summed E-state index contributed by atoms with van der Waals surface area (Å²) in [5.41, 5.74) is 1.66. The van der Waals surface area contributed by atoms with Gasteiger partial charge >= 0.3 is 0 Å². The Balaban J connectivity index is 1.70. The molecule has 1 fully saturated rings. The standard InChI is InChI=1S/C15H20N2O2/c18-11-15(8-4-1-5-9-15)10-16-14-17-12-6-2-3-7-13(12)19-14/h2-3,6-7,18H,1,4-5,8-11H2,(H,16,17). The molecule has 1 aromatic carbocycles. The Labute approximate surface area is 112 Å². The van der Waals surface area contributed by atoms with E-state index in [4.69, 9.17) is 4.42 Å². The Morgan fingerprint density at radius 1 is 1.21 bits per heavy atom. The van der Waals surface area contributed by atoms with Crippen molar-refractivity contribution < 1.29 is 9.52 Å². The lowest BCUT2D eigenvalue weighted by Crippen LogP contribution is -2.35. The van der Waals surface area contributed by atoms with Gasteiger partial charge in [0, 0.05) is 12.0 Å². The molecular weight excluding hydrogens is 240 g/mol. The number of nitrogens with one attached hydrogen (secondary N) is 1. The van der Waals surface area contributed by atoms with E-state index in [1.165, 1.54) is 19.3 Å². The van der Waals surface area contributed by atoms with Gasteiger partial charge in [-0.3, -0.25) is 0 Å². The molecule has 0 spiro atoms. The van der Waals surface area contributed by atoms with Crippen LogP contribution < -0.4 is 5.32 Å². The first-order valence-electron chi connectivity index (χ1n) is 7.02. The molecule has 4 nitrogen and oxygen atoms in total. The summed E-state index contributed by atoms with van der Waals surface area (Å²) in [7, 11) is 0. The fraction of sp³-hybridized carbons (Fsp3) is 0.533. The summed E-state index contributed by atoms with van der Waals surface area (Å²) in [6.07, 6.45) is 5.85. The van der Waals surface area contributed by atoms with Gasteiger partial charge in [-0.1, -0.05) is 31.4 Å². The number of hydrogen-bond donors (Lipinski definition) is 2.